The van der Waals surface area contributed by atoms with Gasteiger partial charge in [0.2, 0.25) is 5.88 Å². The van der Waals surface area contributed by atoms with E-state index >= 15 is 0 Å². The number of rotatable bonds is 2. The largest absolute Gasteiger partial charge is 0.497 e. The number of benzene rings is 1. The number of methoxy groups -OCH3 is 1. The lowest BCUT2D eigenvalue weighted by molar-refractivity contribution is -0.119. The molecule has 0 radical (unpaired) electrons. The number of ketones is 1. The van der Waals surface area contributed by atoms with Crippen LogP contribution in [0.2, 0.25) is 0 Å². The fourth-order valence-electron chi connectivity index (χ4n) is 4.14. The van der Waals surface area contributed by atoms with Crippen molar-refractivity contribution in [1.82, 2.24) is 4.98 Å². The molecule has 1 unspecified atom stereocenters. The predicted molar refractivity (Wildman–Crippen MR) is 107 cm³/mol. The van der Waals surface area contributed by atoms with Crippen molar-refractivity contribution < 1.29 is 14.3 Å². The summed E-state index contributed by atoms with van der Waals surface area (Å²) in [5.74, 6) is 0.0246. The van der Waals surface area contributed by atoms with Crippen molar-refractivity contribution in [2.75, 3.05) is 7.11 Å². The zero-order valence-corrected chi connectivity index (χ0v) is 16.5. The minimum atomic E-state index is -0.855. The van der Waals surface area contributed by atoms with Gasteiger partial charge in [0, 0.05) is 34.9 Å². The van der Waals surface area contributed by atoms with Crippen molar-refractivity contribution in [2.45, 2.75) is 32.6 Å². The second kappa shape index (κ2) is 6.52. The number of nitrogens with two attached hydrogens (primary N) is 1. The highest BCUT2D eigenvalue weighted by molar-refractivity contribution is 6.00. The number of nitrogens with one attached hydrogen (secondary N) is 1. The molecule has 4 rings (SSSR count). The average molecular weight is 391 g/mol. The number of aromatic nitrogens is 1. The van der Waals surface area contributed by atoms with E-state index < -0.39 is 5.92 Å². The van der Waals surface area contributed by atoms with Crippen LogP contribution < -0.4 is 16.0 Å². The normalized spacial score (nSPS) is 20.9. The van der Waals surface area contributed by atoms with Gasteiger partial charge in [0.25, 0.3) is 5.56 Å². The zero-order valence-electron chi connectivity index (χ0n) is 16.5. The molecule has 2 heterocycles. The molecule has 148 valence electrons. The van der Waals surface area contributed by atoms with Gasteiger partial charge in [-0.3, -0.25) is 9.59 Å². The quantitative estimate of drug-likeness (QED) is 0.812. The summed E-state index contributed by atoms with van der Waals surface area (Å²) in [4.78, 5) is 28.8. The highest BCUT2D eigenvalue weighted by atomic mass is 16.5. The first kappa shape index (κ1) is 18.8. The number of ether oxygens (including phenoxy) is 2. The Morgan fingerprint density at radius 2 is 2.03 bits per heavy atom. The molecule has 1 aromatic heterocycles. The predicted octanol–water partition coefficient (Wildman–Crippen LogP) is 2.99. The Labute approximate surface area is 167 Å². The molecule has 3 N–H and O–H groups in total. The number of pyridine rings is 1. The molecule has 2 aliphatic rings. The Kier molecular flexibility index (Phi) is 4.23. The maximum Gasteiger partial charge on any atom is 0.252 e. The van der Waals surface area contributed by atoms with Gasteiger partial charge in [0.1, 0.15) is 23.2 Å². The van der Waals surface area contributed by atoms with E-state index in [1.54, 1.807) is 31.4 Å². The number of Topliss-reactive ketones (excluding diaryl/α,β-unsaturated/α-hetero) is 1. The number of nitriles is 1. The number of fused-ring (bicyclic) bond motifs is 1. The number of hydrogen-bond acceptors (Lipinski definition) is 6. The van der Waals surface area contributed by atoms with Gasteiger partial charge in [0.15, 0.2) is 5.78 Å². The average Bonchev–Trinajstić information content (AvgIpc) is 2.65. The first-order chi connectivity index (χ1) is 13.7. The number of carbonyl (C=O) groups excluding carboxylic acids is 1. The van der Waals surface area contributed by atoms with Gasteiger partial charge in [-0.05, 0) is 29.7 Å². The second-order valence-electron chi connectivity index (χ2n) is 8.21. The lowest BCUT2D eigenvalue weighted by atomic mass is 9.70. The number of carbonyl (C=O) groups is 1. The third kappa shape index (κ3) is 3.07. The Morgan fingerprint density at radius 1 is 1.28 bits per heavy atom. The molecule has 0 spiro atoms. The van der Waals surface area contributed by atoms with Crippen molar-refractivity contribution >= 4 is 16.7 Å². The fraction of sp³-hybridized carbons (Fsp3) is 0.318. The van der Waals surface area contributed by atoms with Gasteiger partial charge in [-0.15, -0.1) is 0 Å². The standard InChI is InChI=1S/C22H21N3O4/c1-22(2)8-16(26)19-17(9-22)29-20(24)14(10-23)18(19)13-7-11-6-12(28-3)4-5-15(11)25-21(13)27/h4-7,18H,8-9,24H2,1-3H3,(H,25,27). The molecule has 29 heavy (non-hydrogen) atoms. The molecule has 1 aromatic carbocycles. The Bertz CT molecular complexity index is 1210. The smallest absolute Gasteiger partial charge is 0.252 e. The summed E-state index contributed by atoms with van der Waals surface area (Å²) in [6, 6.07) is 9.01. The second-order valence-corrected chi connectivity index (χ2v) is 8.21. The number of H-pyrrole nitrogens is 1. The van der Waals surface area contributed by atoms with Crippen LogP contribution in [0.15, 0.2) is 51.8 Å². The number of hydrogen-bond donors (Lipinski definition) is 2. The van der Waals surface area contributed by atoms with E-state index in [1.165, 1.54) is 0 Å². The summed E-state index contributed by atoms with van der Waals surface area (Å²) < 4.78 is 10.9. The van der Waals surface area contributed by atoms with Crippen LogP contribution >= 0.6 is 0 Å². The van der Waals surface area contributed by atoms with Crippen molar-refractivity contribution in [3.8, 4) is 11.8 Å². The van der Waals surface area contributed by atoms with Crippen LogP contribution in [0.3, 0.4) is 0 Å². The molecule has 1 aliphatic heterocycles. The molecule has 0 amide bonds. The molecule has 2 aromatic rings. The lowest BCUT2D eigenvalue weighted by Crippen LogP contribution is -2.35. The van der Waals surface area contributed by atoms with E-state index in [0.29, 0.717) is 35.4 Å². The van der Waals surface area contributed by atoms with Crippen LogP contribution in [-0.4, -0.2) is 17.9 Å². The first-order valence-electron chi connectivity index (χ1n) is 9.29. The summed E-state index contributed by atoms with van der Waals surface area (Å²) in [5.41, 5.74) is 6.71. The molecule has 7 nitrogen and oxygen atoms in total. The minimum Gasteiger partial charge on any atom is -0.497 e. The van der Waals surface area contributed by atoms with E-state index in [9.17, 15) is 14.9 Å². The minimum absolute atomic E-state index is 0.0631. The molecular weight excluding hydrogens is 370 g/mol. The molecular formula is C22H21N3O4. The highest BCUT2D eigenvalue weighted by Gasteiger charge is 2.43. The molecule has 0 fully saturated rings. The SMILES string of the molecule is COc1ccc2[nH]c(=O)c(C3C(C#N)=C(N)OC4=C3C(=O)CC(C)(C)C4)cc2c1. The number of nitrogens with zero attached hydrogens (tertiary/aromatic N) is 1. The lowest BCUT2D eigenvalue weighted by Gasteiger charge is -2.37. The van der Waals surface area contributed by atoms with Gasteiger partial charge >= 0.3 is 0 Å². The highest BCUT2D eigenvalue weighted by Crippen LogP contribution is 2.47. The number of allylic oxidation sites excluding steroid dienone is 3. The molecule has 1 atom stereocenters. The maximum atomic E-state index is 13.0. The fourth-order valence-corrected chi connectivity index (χ4v) is 4.14. The third-order valence-electron chi connectivity index (χ3n) is 5.47. The van der Waals surface area contributed by atoms with E-state index in [2.05, 4.69) is 4.98 Å². The van der Waals surface area contributed by atoms with Gasteiger partial charge in [0.05, 0.1) is 13.0 Å². The summed E-state index contributed by atoms with van der Waals surface area (Å²) in [6.07, 6.45) is 0.812. The topological polar surface area (TPSA) is 118 Å². The Hall–Kier alpha value is -3.53. The third-order valence-corrected chi connectivity index (χ3v) is 5.47. The van der Waals surface area contributed by atoms with Gasteiger partial charge in [-0.1, -0.05) is 13.8 Å². The van der Waals surface area contributed by atoms with Gasteiger partial charge in [-0.2, -0.15) is 5.26 Å². The summed E-state index contributed by atoms with van der Waals surface area (Å²) in [6.45, 7) is 3.95. The molecule has 0 saturated heterocycles. The van der Waals surface area contributed by atoms with Crippen molar-refractivity contribution in [3.63, 3.8) is 0 Å². The van der Waals surface area contributed by atoms with E-state index in [0.717, 1.165) is 5.39 Å². The number of aromatic amines is 1. The summed E-state index contributed by atoms with van der Waals surface area (Å²) in [5, 5.41) is 10.5. The van der Waals surface area contributed by atoms with E-state index in [-0.39, 0.29) is 33.8 Å². The molecule has 7 heteroatoms. The first-order valence-corrected chi connectivity index (χ1v) is 9.29. The molecule has 0 saturated carbocycles. The van der Waals surface area contributed by atoms with Crippen LogP contribution in [0, 0.1) is 16.7 Å². The Morgan fingerprint density at radius 3 is 2.72 bits per heavy atom. The van der Waals surface area contributed by atoms with Crippen LogP contribution in [0.5, 0.6) is 5.75 Å². The van der Waals surface area contributed by atoms with Gasteiger partial charge < -0.3 is 20.2 Å². The molecule has 0 bridgehead atoms. The van der Waals surface area contributed by atoms with Crippen molar-refractivity contribution in [2.24, 2.45) is 11.1 Å². The summed E-state index contributed by atoms with van der Waals surface area (Å²) in [7, 11) is 1.56. The van der Waals surface area contributed by atoms with Crippen molar-refractivity contribution in [3.05, 3.63) is 63.0 Å². The summed E-state index contributed by atoms with van der Waals surface area (Å²) >= 11 is 0. The van der Waals surface area contributed by atoms with Crippen LogP contribution in [0.4, 0.5) is 0 Å². The van der Waals surface area contributed by atoms with E-state index in [4.69, 9.17) is 15.2 Å². The van der Waals surface area contributed by atoms with Crippen LogP contribution in [0.25, 0.3) is 10.9 Å². The monoisotopic (exact) mass is 391 g/mol. The van der Waals surface area contributed by atoms with Crippen LogP contribution in [0.1, 0.15) is 38.2 Å². The Balaban J connectivity index is 1.97. The van der Waals surface area contributed by atoms with Crippen LogP contribution in [-0.2, 0) is 9.53 Å². The van der Waals surface area contributed by atoms with E-state index in [1.807, 2.05) is 19.9 Å². The van der Waals surface area contributed by atoms with Gasteiger partial charge in [-0.25, -0.2) is 0 Å². The molecule has 1 aliphatic carbocycles. The zero-order chi connectivity index (χ0) is 20.9. The maximum absolute atomic E-state index is 13.0. The van der Waals surface area contributed by atoms with Crippen molar-refractivity contribution in [1.29, 1.82) is 5.26 Å².